The second kappa shape index (κ2) is 64.7. The van der Waals surface area contributed by atoms with E-state index in [1.807, 2.05) is 238 Å². The van der Waals surface area contributed by atoms with Gasteiger partial charge in [-0.25, -0.2) is 0 Å². The molecular weight excluding hydrogens is 1910 g/mol. The van der Waals surface area contributed by atoms with Crippen LogP contribution in [0.3, 0.4) is 0 Å². The first-order valence-corrected chi connectivity index (χ1v) is 51.5. The molecule has 0 radical (unpaired) electrons. The standard InChI is InChI=1S/2C20H25NO3S.2C18H21NO3S.2C18H20O4S/c1-21(2)11-12-25-20(15-7-5-4-6-8-15)10-9-16-13-17(22)18(23)14-19(16)24-3;1-21(2)11-12-25-20(10-9-15-7-5-4-6-8-15)16-13-17(22)18(23)14-19(16)24-3;1-22-17-12-16(21)15(20)11-14(17)7-8-18(23-10-9-19)13-5-3-2-4-6-13;1-22-17-12-16(21)15(20)11-14(17)18(23-10-9-19)8-7-13-5-3-2-4-6-13;1-22-17-12-16(21)15(20)11-14(17)7-8-18(23-10-9-19)13-5-3-2-4-6-13;1-22-17-12-16(21)15(20)11-14(17)18(23-10-9-19)8-7-13-5-3-2-4-6-13/h2*4-10,13-14,20,22-23H,11-12H2,1-3H3;2*2-8,11-12,18,20-21H,9-10,19H2,1H3;2*2-8,11-12,18-21H,9-10H2,1H3/b2*10-9+;4*8-7+. The molecule has 0 spiro atoms. The highest BCUT2D eigenvalue weighted by atomic mass is 32.2. The molecule has 12 aromatic carbocycles. The maximum absolute atomic E-state index is 9.92. The molecule has 0 aliphatic carbocycles. The third-order valence-electron chi connectivity index (χ3n) is 20.7. The number of aliphatic hydroxyl groups is 2. The number of aromatic hydroxyl groups is 12. The first kappa shape index (κ1) is 116. The van der Waals surface area contributed by atoms with Gasteiger partial charge in [-0.3, -0.25) is 0 Å². The van der Waals surface area contributed by atoms with E-state index in [1.54, 1.807) is 74.4 Å². The van der Waals surface area contributed by atoms with Crippen molar-refractivity contribution >= 4 is 107 Å². The van der Waals surface area contributed by atoms with Crippen LogP contribution in [0.5, 0.6) is 103 Å². The van der Waals surface area contributed by atoms with Crippen LogP contribution in [0, 0.1) is 0 Å². The third kappa shape index (κ3) is 40.0. The summed E-state index contributed by atoms with van der Waals surface area (Å²) in [6, 6.07) is 77.9. The number of aliphatic hydroxyl groups excluding tert-OH is 2. The van der Waals surface area contributed by atoms with E-state index in [4.69, 9.17) is 50.1 Å². The lowest BCUT2D eigenvalue weighted by molar-refractivity contribution is 0.322. The normalized spacial score (nSPS) is 12.5. The molecule has 24 nitrogen and oxygen atoms in total. The molecule has 0 aromatic heterocycles. The predicted molar refractivity (Wildman–Crippen MR) is 591 cm³/mol. The number of ether oxygens (including phenoxy) is 6. The molecule has 12 rings (SSSR count). The maximum atomic E-state index is 9.92. The summed E-state index contributed by atoms with van der Waals surface area (Å²) in [4.78, 5) is 4.30. The number of hydrogen-bond donors (Lipinski definition) is 16. The molecule has 0 heterocycles. The summed E-state index contributed by atoms with van der Waals surface area (Å²) >= 11 is 10.2. The van der Waals surface area contributed by atoms with Crippen molar-refractivity contribution in [3.63, 3.8) is 0 Å². The minimum Gasteiger partial charge on any atom is -0.504 e. The summed E-state index contributed by atoms with van der Waals surface area (Å²) in [5, 5.41) is 135. The van der Waals surface area contributed by atoms with E-state index in [-0.39, 0.29) is 114 Å². The lowest BCUT2D eigenvalue weighted by atomic mass is 10.1. The van der Waals surface area contributed by atoms with E-state index in [2.05, 4.69) is 66.4 Å². The Kier molecular flexibility index (Phi) is 53.0. The number of benzene rings is 12. The Balaban J connectivity index is 0.000000231. The van der Waals surface area contributed by atoms with Gasteiger partial charge in [-0.05, 0) is 98.0 Å². The van der Waals surface area contributed by atoms with Gasteiger partial charge in [-0.1, -0.05) is 255 Å². The number of nitrogens with zero attached hydrogens (tertiary/aromatic N) is 2. The van der Waals surface area contributed by atoms with E-state index in [1.165, 1.54) is 111 Å². The Morgan fingerprint density at radius 3 is 0.683 bits per heavy atom. The van der Waals surface area contributed by atoms with Crippen LogP contribution >= 0.6 is 70.6 Å². The van der Waals surface area contributed by atoms with Gasteiger partial charge < -0.3 is 121 Å². The smallest absolute Gasteiger partial charge is 0.161 e. The summed E-state index contributed by atoms with van der Waals surface area (Å²) in [6.07, 6.45) is 24.0. The average molecular weight is 2050 g/mol. The number of nitrogens with two attached hydrogens (primary N) is 2. The molecule has 18 N–H and O–H groups in total. The highest BCUT2D eigenvalue weighted by Crippen LogP contribution is 2.47. The molecule has 30 heteroatoms. The molecule has 6 atom stereocenters. The molecule has 0 bridgehead atoms. The van der Waals surface area contributed by atoms with Crippen molar-refractivity contribution < 1.29 is 99.9 Å². The molecule has 0 fully saturated rings. The first-order chi connectivity index (χ1) is 68.6. The van der Waals surface area contributed by atoms with E-state index in [0.29, 0.717) is 70.2 Å². The number of methoxy groups -OCH3 is 6. The number of hydrogen-bond acceptors (Lipinski definition) is 30. The zero-order valence-corrected chi connectivity index (χ0v) is 86.2. The Bertz CT molecular complexity index is 5650. The van der Waals surface area contributed by atoms with Crippen LogP contribution in [-0.2, 0) is 0 Å². The first-order valence-electron chi connectivity index (χ1n) is 45.2. The monoisotopic (exact) mass is 2040 g/mol. The minimum atomic E-state index is -0.219. The Labute approximate surface area is 859 Å². The van der Waals surface area contributed by atoms with Gasteiger partial charge in [0.15, 0.2) is 69.0 Å². The van der Waals surface area contributed by atoms with Gasteiger partial charge in [0, 0.05) is 146 Å². The van der Waals surface area contributed by atoms with Crippen LogP contribution < -0.4 is 39.9 Å². The molecule has 6 unspecified atom stereocenters. The fourth-order valence-corrected chi connectivity index (χ4v) is 19.6. The summed E-state index contributed by atoms with van der Waals surface area (Å²) in [6.45, 7) is 3.31. The second-order valence-corrected chi connectivity index (χ2v) is 39.0. The van der Waals surface area contributed by atoms with Gasteiger partial charge in [0.25, 0.3) is 0 Å². The number of rotatable bonds is 44. The highest BCUT2D eigenvalue weighted by Gasteiger charge is 2.23. The number of phenolic OH excluding ortho intramolecular Hbond substituents is 12. The lowest BCUT2D eigenvalue weighted by Gasteiger charge is -2.18. The maximum Gasteiger partial charge on any atom is 0.161 e. The molecule has 142 heavy (non-hydrogen) atoms. The zero-order chi connectivity index (χ0) is 103. The molecule has 0 aliphatic rings. The van der Waals surface area contributed by atoms with Crippen molar-refractivity contribution in [2.75, 3.05) is 145 Å². The van der Waals surface area contributed by atoms with E-state index < -0.39 is 0 Å². The van der Waals surface area contributed by atoms with Crippen LogP contribution in [0.1, 0.15) is 98.3 Å². The second-order valence-electron chi connectivity index (χ2n) is 31.5. The van der Waals surface area contributed by atoms with Crippen LogP contribution in [0.4, 0.5) is 0 Å². The van der Waals surface area contributed by atoms with Crippen molar-refractivity contribution in [3.05, 3.63) is 358 Å². The van der Waals surface area contributed by atoms with Crippen molar-refractivity contribution in [2.24, 2.45) is 11.5 Å². The SMILES string of the molecule is COc1cc(O)c(O)cc1/C=C/C(SCCN(C)C)c1ccccc1.COc1cc(O)c(O)cc1/C=C/C(SCCN)c1ccccc1.COc1cc(O)c(O)cc1/C=C/C(SCCO)c1ccccc1.COc1cc(O)c(O)cc1C(/C=C/c1ccccc1)SCCN.COc1cc(O)c(O)cc1C(/C=C/c1ccccc1)SCCN(C)C.COc1cc(O)c(O)cc1C(/C=C/c1ccccc1)SCCO. The zero-order valence-electron chi connectivity index (χ0n) is 81.3. The van der Waals surface area contributed by atoms with Gasteiger partial charge in [0.2, 0.25) is 0 Å². The Morgan fingerprint density at radius 2 is 0.444 bits per heavy atom. The topological polar surface area (TPSA) is 397 Å². The van der Waals surface area contributed by atoms with Gasteiger partial charge in [-0.15, -0.1) is 70.6 Å². The number of phenols is 12. The average Bonchev–Trinajstić information content (AvgIpc) is 0.813. The molecule has 756 valence electrons. The van der Waals surface area contributed by atoms with Crippen molar-refractivity contribution in [2.45, 2.75) is 31.5 Å². The molecule has 0 saturated heterocycles. The summed E-state index contributed by atoms with van der Waals surface area (Å²) in [5.74, 6) is 5.65. The summed E-state index contributed by atoms with van der Waals surface area (Å²) in [7, 11) is 17.4. The van der Waals surface area contributed by atoms with Crippen LogP contribution in [0.2, 0.25) is 0 Å². The fourth-order valence-electron chi connectivity index (χ4n) is 13.4. The highest BCUT2D eigenvalue weighted by molar-refractivity contribution is 8.00. The van der Waals surface area contributed by atoms with Gasteiger partial charge in [0.05, 0.1) is 71.6 Å². The van der Waals surface area contributed by atoms with E-state index in [9.17, 15) is 61.3 Å². The fraction of sp³-hybridized carbons (Fsp3) is 0.250. The quantitative estimate of drug-likeness (QED) is 0.0158. The predicted octanol–water partition coefficient (Wildman–Crippen LogP) is 22.6. The van der Waals surface area contributed by atoms with Crippen LogP contribution in [0.15, 0.2) is 291 Å². The Hall–Kier alpha value is -12.7. The molecule has 0 aliphatic heterocycles. The van der Waals surface area contributed by atoms with Crippen LogP contribution in [-0.4, -0.2) is 226 Å². The van der Waals surface area contributed by atoms with E-state index in [0.717, 1.165) is 80.6 Å². The van der Waals surface area contributed by atoms with Gasteiger partial charge >= 0.3 is 0 Å². The van der Waals surface area contributed by atoms with Crippen molar-refractivity contribution in [1.29, 1.82) is 0 Å². The third-order valence-corrected chi connectivity index (χ3v) is 28.0. The van der Waals surface area contributed by atoms with Crippen molar-refractivity contribution in [1.82, 2.24) is 9.80 Å². The van der Waals surface area contributed by atoms with E-state index >= 15 is 0 Å². The number of thioether (sulfide) groups is 6. The summed E-state index contributed by atoms with van der Waals surface area (Å²) in [5.41, 5.74) is 22.5. The molecular formula is C112H132N4O20S6. The molecule has 0 saturated carbocycles. The molecule has 0 amide bonds. The Morgan fingerprint density at radius 1 is 0.246 bits per heavy atom. The molecule has 12 aromatic rings. The van der Waals surface area contributed by atoms with Crippen molar-refractivity contribution in [3.8, 4) is 103 Å². The largest absolute Gasteiger partial charge is 0.504 e. The van der Waals surface area contributed by atoms with Gasteiger partial charge in [-0.2, -0.15) is 0 Å². The van der Waals surface area contributed by atoms with Gasteiger partial charge in [0.1, 0.15) is 34.5 Å². The summed E-state index contributed by atoms with van der Waals surface area (Å²) < 4.78 is 31.8. The van der Waals surface area contributed by atoms with Crippen LogP contribution in [0.25, 0.3) is 36.5 Å². The minimum absolute atomic E-state index is 0.00149. The lowest BCUT2D eigenvalue weighted by Crippen LogP contribution is -2.15.